The standard InChI is InChI=1S/C14H30N2/c1-11(2)14-7-6-10-16(14)13(5)8-9-15-12(3)4/h11-15H,6-10H2,1-5H3. The molecule has 1 N–H and O–H groups in total. The van der Waals surface area contributed by atoms with E-state index < -0.39 is 0 Å². The van der Waals surface area contributed by atoms with Gasteiger partial charge in [-0.2, -0.15) is 0 Å². The summed E-state index contributed by atoms with van der Waals surface area (Å²) in [5, 5.41) is 3.52. The molecule has 0 aromatic carbocycles. The van der Waals surface area contributed by atoms with Gasteiger partial charge in [0.25, 0.3) is 0 Å². The molecule has 2 heteroatoms. The molecule has 0 aliphatic carbocycles. The zero-order chi connectivity index (χ0) is 12.1. The van der Waals surface area contributed by atoms with Gasteiger partial charge in [-0.1, -0.05) is 27.7 Å². The third-order valence-electron chi connectivity index (χ3n) is 3.79. The molecule has 0 amide bonds. The van der Waals surface area contributed by atoms with Gasteiger partial charge in [-0.05, 0) is 45.2 Å². The molecule has 1 aliphatic rings. The highest BCUT2D eigenvalue weighted by Gasteiger charge is 2.29. The van der Waals surface area contributed by atoms with Crippen LogP contribution in [0.4, 0.5) is 0 Å². The lowest BCUT2D eigenvalue weighted by molar-refractivity contribution is 0.148. The van der Waals surface area contributed by atoms with Gasteiger partial charge in [0.1, 0.15) is 0 Å². The molecular formula is C14H30N2. The molecule has 0 aromatic heterocycles. The molecule has 1 fully saturated rings. The Morgan fingerprint density at radius 1 is 1.19 bits per heavy atom. The van der Waals surface area contributed by atoms with Crippen LogP contribution in [0.2, 0.25) is 0 Å². The van der Waals surface area contributed by atoms with E-state index in [2.05, 4.69) is 44.8 Å². The molecule has 96 valence electrons. The lowest BCUT2D eigenvalue weighted by Gasteiger charge is -2.33. The van der Waals surface area contributed by atoms with Crippen LogP contribution in [0.5, 0.6) is 0 Å². The molecule has 16 heavy (non-hydrogen) atoms. The fourth-order valence-corrected chi connectivity index (χ4v) is 2.82. The van der Waals surface area contributed by atoms with E-state index >= 15 is 0 Å². The second-order valence-corrected chi connectivity index (χ2v) is 5.94. The van der Waals surface area contributed by atoms with Crippen molar-refractivity contribution in [2.45, 2.75) is 72.0 Å². The van der Waals surface area contributed by atoms with Gasteiger partial charge < -0.3 is 5.32 Å². The summed E-state index contributed by atoms with van der Waals surface area (Å²) in [5.41, 5.74) is 0. The molecule has 0 bridgehead atoms. The van der Waals surface area contributed by atoms with E-state index in [1.807, 2.05) is 0 Å². The fraction of sp³-hybridized carbons (Fsp3) is 1.00. The van der Waals surface area contributed by atoms with Gasteiger partial charge in [-0.15, -0.1) is 0 Å². The minimum absolute atomic E-state index is 0.617. The Kier molecular flexibility index (Phi) is 5.77. The zero-order valence-electron chi connectivity index (χ0n) is 11.8. The van der Waals surface area contributed by atoms with Crippen molar-refractivity contribution in [3.63, 3.8) is 0 Å². The van der Waals surface area contributed by atoms with E-state index in [0.29, 0.717) is 6.04 Å². The smallest absolute Gasteiger partial charge is 0.0121 e. The largest absolute Gasteiger partial charge is 0.314 e. The van der Waals surface area contributed by atoms with E-state index in [0.717, 1.165) is 24.5 Å². The highest BCUT2D eigenvalue weighted by Crippen LogP contribution is 2.26. The van der Waals surface area contributed by atoms with Crippen LogP contribution < -0.4 is 5.32 Å². The van der Waals surface area contributed by atoms with Crippen LogP contribution in [0.15, 0.2) is 0 Å². The van der Waals surface area contributed by atoms with Crippen molar-refractivity contribution < 1.29 is 0 Å². The van der Waals surface area contributed by atoms with Crippen molar-refractivity contribution >= 4 is 0 Å². The topological polar surface area (TPSA) is 15.3 Å². The molecule has 2 unspecified atom stereocenters. The molecular weight excluding hydrogens is 196 g/mol. The second-order valence-electron chi connectivity index (χ2n) is 5.94. The first-order valence-corrected chi connectivity index (χ1v) is 7.01. The molecule has 0 aromatic rings. The summed E-state index contributed by atoms with van der Waals surface area (Å²) in [5.74, 6) is 0.808. The van der Waals surface area contributed by atoms with Crippen LogP contribution in [0, 0.1) is 5.92 Å². The predicted octanol–water partition coefficient (Wildman–Crippen LogP) is 2.88. The number of rotatable bonds is 6. The SMILES string of the molecule is CC(C)NCCC(C)N1CCCC1C(C)C. The normalized spacial score (nSPS) is 24.6. The van der Waals surface area contributed by atoms with E-state index in [1.165, 1.54) is 25.8 Å². The summed E-state index contributed by atoms with van der Waals surface area (Å²) < 4.78 is 0. The van der Waals surface area contributed by atoms with Gasteiger partial charge in [0.2, 0.25) is 0 Å². The quantitative estimate of drug-likeness (QED) is 0.749. The first kappa shape index (κ1) is 14.0. The second kappa shape index (κ2) is 6.61. The summed E-state index contributed by atoms with van der Waals surface area (Å²) >= 11 is 0. The average Bonchev–Trinajstić information content (AvgIpc) is 2.65. The lowest BCUT2D eigenvalue weighted by Crippen LogP contribution is -2.41. The van der Waals surface area contributed by atoms with Crippen LogP contribution in [0.1, 0.15) is 53.9 Å². The molecule has 2 nitrogen and oxygen atoms in total. The summed E-state index contributed by atoms with van der Waals surface area (Å²) in [7, 11) is 0. The predicted molar refractivity (Wildman–Crippen MR) is 71.8 cm³/mol. The maximum Gasteiger partial charge on any atom is 0.0121 e. The highest BCUT2D eigenvalue weighted by atomic mass is 15.2. The summed E-state index contributed by atoms with van der Waals surface area (Å²) in [6, 6.07) is 2.18. The molecule has 1 aliphatic heterocycles. The molecule has 0 saturated carbocycles. The summed E-state index contributed by atoms with van der Waals surface area (Å²) in [6.45, 7) is 14.0. The molecule has 0 spiro atoms. The lowest BCUT2D eigenvalue weighted by atomic mass is 10.0. The monoisotopic (exact) mass is 226 g/mol. The van der Waals surface area contributed by atoms with Gasteiger partial charge in [0, 0.05) is 18.1 Å². The Balaban J connectivity index is 2.32. The number of likely N-dealkylation sites (tertiary alicyclic amines) is 1. The molecule has 1 rings (SSSR count). The molecule has 2 atom stereocenters. The summed E-state index contributed by atoms with van der Waals surface area (Å²) in [4.78, 5) is 2.73. The van der Waals surface area contributed by atoms with Gasteiger partial charge in [-0.25, -0.2) is 0 Å². The van der Waals surface area contributed by atoms with Crippen molar-refractivity contribution in [1.82, 2.24) is 10.2 Å². The molecule has 0 radical (unpaired) electrons. The first-order valence-electron chi connectivity index (χ1n) is 7.01. The number of nitrogens with zero attached hydrogens (tertiary/aromatic N) is 1. The third-order valence-corrected chi connectivity index (χ3v) is 3.79. The van der Waals surface area contributed by atoms with E-state index in [4.69, 9.17) is 0 Å². The van der Waals surface area contributed by atoms with Gasteiger partial charge in [-0.3, -0.25) is 4.90 Å². The van der Waals surface area contributed by atoms with Crippen LogP contribution in [0.25, 0.3) is 0 Å². The van der Waals surface area contributed by atoms with Crippen LogP contribution in [-0.4, -0.2) is 36.1 Å². The number of hydrogen-bond acceptors (Lipinski definition) is 2. The minimum atomic E-state index is 0.617. The van der Waals surface area contributed by atoms with E-state index in [1.54, 1.807) is 0 Å². The van der Waals surface area contributed by atoms with Crippen molar-refractivity contribution in [2.75, 3.05) is 13.1 Å². The van der Waals surface area contributed by atoms with Crippen molar-refractivity contribution in [1.29, 1.82) is 0 Å². The van der Waals surface area contributed by atoms with Crippen molar-refractivity contribution in [3.8, 4) is 0 Å². The van der Waals surface area contributed by atoms with Crippen LogP contribution in [-0.2, 0) is 0 Å². The number of hydrogen-bond donors (Lipinski definition) is 1. The molecule has 1 heterocycles. The maximum atomic E-state index is 3.52. The van der Waals surface area contributed by atoms with E-state index in [9.17, 15) is 0 Å². The molecule has 1 saturated heterocycles. The Labute approximate surface area is 102 Å². The van der Waals surface area contributed by atoms with Gasteiger partial charge >= 0.3 is 0 Å². The van der Waals surface area contributed by atoms with Crippen LogP contribution >= 0.6 is 0 Å². The van der Waals surface area contributed by atoms with Crippen molar-refractivity contribution in [3.05, 3.63) is 0 Å². The highest BCUT2D eigenvalue weighted by molar-refractivity contribution is 4.85. The summed E-state index contributed by atoms with van der Waals surface area (Å²) in [6.07, 6.45) is 4.08. The Morgan fingerprint density at radius 2 is 1.88 bits per heavy atom. The third kappa shape index (κ3) is 4.06. The first-order chi connectivity index (χ1) is 7.52. The average molecular weight is 226 g/mol. The van der Waals surface area contributed by atoms with E-state index in [-0.39, 0.29) is 0 Å². The van der Waals surface area contributed by atoms with Gasteiger partial charge in [0.15, 0.2) is 0 Å². The zero-order valence-corrected chi connectivity index (χ0v) is 11.8. The Hall–Kier alpha value is -0.0800. The minimum Gasteiger partial charge on any atom is -0.314 e. The van der Waals surface area contributed by atoms with Crippen molar-refractivity contribution in [2.24, 2.45) is 5.92 Å². The Bertz CT molecular complexity index is 189. The Morgan fingerprint density at radius 3 is 2.44 bits per heavy atom. The fourth-order valence-electron chi connectivity index (χ4n) is 2.82. The van der Waals surface area contributed by atoms with Crippen LogP contribution in [0.3, 0.4) is 0 Å². The number of nitrogens with one attached hydrogen (secondary N) is 1. The maximum absolute atomic E-state index is 3.52. The van der Waals surface area contributed by atoms with Gasteiger partial charge in [0.05, 0.1) is 0 Å².